The summed E-state index contributed by atoms with van der Waals surface area (Å²) >= 11 is 0. The van der Waals surface area contributed by atoms with Gasteiger partial charge in [0.25, 0.3) is 0 Å². The maximum atomic E-state index is 14.3. The van der Waals surface area contributed by atoms with Crippen molar-refractivity contribution in [2.24, 2.45) is 11.8 Å². The molecule has 5 atom stereocenters. The molecule has 4 heterocycles. The van der Waals surface area contributed by atoms with Gasteiger partial charge >= 0.3 is 0 Å². The predicted molar refractivity (Wildman–Crippen MR) is 155 cm³/mol. The van der Waals surface area contributed by atoms with E-state index in [1.54, 1.807) is 9.80 Å². The van der Waals surface area contributed by atoms with Gasteiger partial charge in [0, 0.05) is 38.5 Å². The highest BCUT2D eigenvalue weighted by atomic mass is 16.5. The molecule has 5 rings (SSSR count). The number of benzene rings is 1. The molecular formula is C32H43N3O6. The van der Waals surface area contributed by atoms with Gasteiger partial charge in [0.1, 0.15) is 17.4 Å². The van der Waals surface area contributed by atoms with Crippen LogP contribution in [-0.4, -0.2) is 89.8 Å². The standard InChI is InChI=1S/C32H43N3O6/c1-3-5-18-33-19-11-17-32-27(30(38)35(28(32)31(33)39)20-8-6-7-9-22-36)26-25(41-32)12-10-21-34(29(26)37)23-13-15-24(16-14-23)40-4-2/h10-17,25-28,36H,3-9,18-22H2,1-2H3/t25-,26+,27-,28?,32-/m0/s1. The molecule has 0 aromatic heterocycles. The summed E-state index contributed by atoms with van der Waals surface area (Å²) in [7, 11) is 0. The van der Waals surface area contributed by atoms with Gasteiger partial charge in [-0.25, -0.2) is 0 Å². The number of hydrogen-bond donors (Lipinski definition) is 1. The van der Waals surface area contributed by atoms with E-state index in [4.69, 9.17) is 14.6 Å². The first-order valence-electron chi connectivity index (χ1n) is 15.2. The van der Waals surface area contributed by atoms with Crippen molar-refractivity contribution in [1.29, 1.82) is 0 Å². The van der Waals surface area contributed by atoms with Gasteiger partial charge in [-0.1, -0.05) is 50.5 Å². The number of hydrogen-bond acceptors (Lipinski definition) is 6. The van der Waals surface area contributed by atoms with E-state index in [1.165, 1.54) is 0 Å². The van der Waals surface area contributed by atoms with Crippen LogP contribution in [0.5, 0.6) is 5.75 Å². The third kappa shape index (κ3) is 5.42. The highest BCUT2D eigenvalue weighted by Gasteiger charge is 2.71. The maximum Gasteiger partial charge on any atom is 0.249 e. The zero-order chi connectivity index (χ0) is 29.0. The fraction of sp³-hybridized carbons (Fsp3) is 0.594. The summed E-state index contributed by atoms with van der Waals surface area (Å²) in [6.45, 7) is 6.58. The maximum absolute atomic E-state index is 14.3. The number of unbranched alkanes of at least 4 members (excludes halogenated alkanes) is 4. The van der Waals surface area contributed by atoms with Gasteiger partial charge in [-0.05, 0) is 50.5 Å². The Kier molecular flexibility index (Phi) is 9.14. The first-order chi connectivity index (χ1) is 20.0. The third-order valence-corrected chi connectivity index (χ3v) is 8.79. The number of fused-ring (bicyclic) bond motifs is 2. The SMILES string of the molecule is CCCCN1CC=C[C@]23O[C@H]4C=CCN(c5ccc(OCC)cc5)C(=O)[C@H]4[C@H]2C(=O)N(CCCCCCO)C3C1=O. The number of anilines is 1. The van der Waals surface area contributed by atoms with E-state index < -0.39 is 29.6 Å². The summed E-state index contributed by atoms with van der Waals surface area (Å²) in [5, 5.41) is 9.16. The van der Waals surface area contributed by atoms with Crippen LogP contribution in [0, 0.1) is 11.8 Å². The van der Waals surface area contributed by atoms with Crippen LogP contribution >= 0.6 is 0 Å². The van der Waals surface area contributed by atoms with Crippen LogP contribution in [0.3, 0.4) is 0 Å². The van der Waals surface area contributed by atoms with Crippen molar-refractivity contribution >= 4 is 23.4 Å². The van der Waals surface area contributed by atoms with Crippen LogP contribution in [0.25, 0.3) is 0 Å². The van der Waals surface area contributed by atoms with Gasteiger partial charge in [-0.2, -0.15) is 0 Å². The van der Waals surface area contributed by atoms with Crippen LogP contribution in [0.1, 0.15) is 52.4 Å². The number of rotatable bonds is 12. The summed E-state index contributed by atoms with van der Waals surface area (Å²) in [6.07, 6.45) is 12.0. The molecule has 2 fully saturated rings. The van der Waals surface area contributed by atoms with Crippen molar-refractivity contribution in [3.8, 4) is 5.75 Å². The van der Waals surface area contributed by atoms with Gasteiger partial charge in [0.2, 0.25) is 17.7 Å². The topological polar surface area (TPSA) is 99.6 Å². The van der Waals surface area contributed by atoms with E-state index in [0.29, 0.717) is 39.2 Å². The lowest BCUT2D eigenvalue weighted by Crippen LogP contribution is -2.55. The van der Waals surface area contributed by atoms with Crippen LogP contribution in [0.4, 0.5) is 5.69 Å². The molecule has 0 radical (unpaired) electrons. The largest absolute Gasteiger partial charge is 0.494 e. The molecule has 9 heteroatoms. The Morgan fingerprint density at radius 3 is 2.44 bits per heavy atom. The second-order valence-corrected chi connectivity index (χ2v) is 11.4. The molecule has 41 heavy (non-hydrogen) atoms. The predicted octanol–water partition coefficient (Wildman–Crippen LogP) is 3.32. The second-order valence-electron chi connectivity index (χ2n) is 11.4. The van der Waals surface area contributed by atoms with Crippen LogP contribution in [0.2, 0.25) is 0 Å². The quantitative estimate of drug-likeness (QED) is 0.308. The van der Waals surface area contributed by atoms with Gasteiger partial charge in [0.15, 0.2) is 0 Å². The smallest absolute Gasteiger partial charge is 0.249 e. The van der Waals surface area contributed by atoms with Crippen molar-refractivity contribution < 1.29 is 29.0 Å². The van der Waals surface area contributed by atoms with Gasteiger partial charge in [-0.3, -0.25) is 14.4 Å². The Hall–Kier alpha value is -3.17. The van der Waals surface area contributed by atoms with Gasteiger partial charge < -0.3 is 29.3 Å². The number of aliphatic hydroxyl groups is 1. The Balaban J connectivity index is 1.48. The molecule has 9 nitrogen and oxygen atoms in total. The second kappa shape index (κ2) is 12.8. The molecule has 0 aliphatic carbocycles. The lowest BCUT2D eigenvalue weighted by atomic mass is 9.77. The minimum Gasteiger partial charge on any atom is -0.494 e. The number of likely N-dealkylation sites (tertiary alicyclic amines) is 1. The van der Waals surface area contributed by atoms with Crippen molar-refractivity contribution in [1.82, 2.24) is 9.80 Å². The minimum atomic E-state index is -1.20. The van der Waals surface area contributed by atoms with Crippen LogP contribution in [0.15, 0.2) is 48.6 Å². The third-order valence-electron chi connectivity index (χ3n) is 8.79. The molecule has 1 spiro atoms. The molecule has 222 valence electrons. The number of carbonyl (C=O) groups is 3. The molecule has 4 aliphatic rings. The molecular weight excluding hydrogens is 522 g/mol. The molecule has 0 bridgehead atoms. The zero-order valence-electron chi connectivity index (χ0n) is 24.2. The van der Waals surface area contributed by atoms with Crippen molar-refractivity contribution in [3.63, 3.8) is 0 Å². The number of aliphatic hydroxyl groups excluding tert-OH is 1. The fourth-order valence-corrected chi connectivity index (χ4v) is 6.84. The fourth-order valence-electron chi connectivity index (χ4n) is 6.84. The molecule has 0 saturated carbocycles. The van der Waals surface area contributed by atoms with E-state index in [9.17, 15) is 14.4 Å². The molecule has 1 aromatic carbocycles. The summed E-state index contributed by atoms with van der Waals surface area (Å²) in [6, 6.07) is 6.61. The number of nitrogens with zero attached hydrogens (tertiary/aromatic N) is 3. The number of ether oxygens (including phenoxy) is 2. The van der Waals surface area contributed by atoms with E-state index in [2.05, 4.69) is 6.92 Å². The Morgan fingerprint density at radius 1 is 0.927 bits per heavy atom. The average molecular weight is 566 g/mol. The van der Waals surface area contributed by atoms with Crippen molar-refractivity contribution in [2.75, 3.05) is 44.3 Å². The molecule has 1 unspecified atom stereocenters. The van der Waals surface area contributed by atoms with Gasteiger partial charge in [0.05, 0.1) is 24.5 Å². The van der Waals surface area contributed by atoms with E-state index >= 15 is 0 Å². The lowest BCUT2D eigenvalue weighted by Gasteiger charge is -2.35. The number of carbonyl (C=O) groups excluding carboxylic acids is 3. The highest BCUT2D eigenvalue weighted by molar-refractivity contribution is 6.03. The zero-order valence-corrected chi connectivity index (χ0v) is 24.2. The summed E-state index contributed by atoms with van der Waals surface area (Å²) < 4.78 is 12.3. The first-order valence-corrected chi connectivity index (χ1v) is 15.2. The average Bonchev–Trinajstić information content (AvgIpc) is 3.28. The Bertz CT molecular complexity index is 1170. The summed E-state index contributed by atoms with van der Waals surface area (Å²) in [5.41, 5.74) is -0.470. The van der Waals surface area contributed by atoms with Gasteiger partial charge in [-0.15, -0.1) is 0 Å². The molecule has 2 saturated heterocycles. The van der Waals surface area contributed by atoms with Crippen LogP contribution in [-0.2, 0) is 19.1 Å². The van der Waals surface area contributed by atoms with E-state index in [0.717, 1.165) is 43.5 Å². The van der Waals surface area contributed by atoms with Crippen molar-refractivity contribution in [3.05, 3.63) is 48.6 Å². The molecule has 1 aromatic rings. The normalized spacial score (nSPS) is 29.0. The first kappa shape index (κ1) is 29.3. The molecule has 4 aliphatic heterocycles. The summed E-state index contributed by atoms with van der Waals surface area (Å²) in [4.78, 5) is 47.9. The Labute approximate surface area is 242 Å². The van der Waals surface area contributed by atoms with Crippen molar-refractivity contribution in [2.45, 2.75) is 70.1 Å². The lowest BCUT2D eigenvalue weighted by molar-refractivity contribution is -0.147. The summed E-state index contributed by atoms with van der Waals surface area (Å²) in [5.74, 6) is -1.26. The minimum absolute atomic E-state index is 0.106. The monoisotopic (exact) mass is 565 g/mol. The molecule has 1 N–H and O–H groups in total. The number of amides is 3. The van der Waals surface area contributed by atoms with E-state index in [-0.39, 0.29) is 24.3 Å². The highest BCUT2D eigenvalue weighted by Crippen LogP contribution is 2.53. The van der Waals surface area contributed by atoms with E-state index in [1.807, 2.05) is 60.4 Å². The van der Waals surface area contributed by atoms with Crippen LogP contribution < -0.4 is 9.64 Å². The molecule has 3 amide bonds. The Morgan fingerprint density at radius 2 is 1.71 bits per heavy atom.